The monoisotopic (exact) mass is 670 g/mol. The zero-order valence-electron chi connectivity index (χ0n) is 29.9. The van der Waals surface area contributed by atoms with Crippen molar-refractivity contribution < 1.29 is 0 Å². The van der Waals surface area contributed by atoms with Gasteiger partial charge in [-0.2, -0.15) is 0 Å². The van der Waals surface area contributed by atoms with Gasteiger partial charge < -0.3 is 9.80 Å². The van der Waals surface area contributed by atoms with Gasteiger partial charge in [-0.15, -0.1) is 0 Å². The van der Waals surface area contributed by atoms with Crippen molar-refractivity contribution in [2.75, 3.05) is 16.5 Å². The van der Waals surface area contributed by atoms with E-state index in [1.165, 1.54) is 82.0 Å². The summed E-state index contributed by atoms with van der Waals surface area (Å²) in [6.07, 6.45) is 6.37. The largest absolute Gasteiger partial charge is 0.328 e. The van der Waals surface area contributed by atoms with Gasteiger partial charge in [0.25, 0.3) is 0 Å². The van der Waals surface area contributed by atoms with Gasteiger partial charge in [-0.3, -0.25) is 4.57 Å². The molecule has 0 spiro atoms. The van der Waals surface area contributed by atoms with E-state index in [2.05, 4.69) is 172 Å². The van der Waals surface area contributed by atoms with Crippen LogP contribution in [0.2, 0.25) is 0 Å². The van der Waals surface area contributed by atoms with Crippen molar-refractivity contribution in [3.05, 3.63) is 155 Å². The molecule has 0 amide bonds. The highest BCUT2D eigenvalue weighted by Crippen LogP contribution is 2.39. The highest BCUT2D eigenvalue weighted by atomic mass is 32.2. The number of benzene rings is 5. The van der Waals surface area contributed by atoms with Gasteiger partial charge in [0, 0.05) is 50.5 Å². The van der Waals surface area contributed by atoms with Crippen LogP contribution in [0.4, 0.5) is 11.4 Å². The standard InChI is InChI=1S/C45H42N4S/c1-28-12-10-13-29(2)44(28)35-20-21-46-43(24-35)49-41-17-9-8-16-39(41)40-19-18-38(26-42(40)49)50-37-15-11-14-36(25-37)47-22-23-48(27-47)45-33(6)31(4)30(3)32(5)34(45)7/h8-26H,27H2,1-7H3. The molecule has 0 aliphatic carbocycles. The average Bonchev–Trinajstić information content (AvgIpc) is 3.73. The molecule has 7 aromatic rings. The lowest BCUT2D eigenvalue weighted by atomic mass is 9.92. The van der Waals surface area contributed by atoms with E-state index in [0.29, 0.717) is 0 Å². The highest BCUT2D eigenvalue weighted by Gasteiger charge is 2.22. The molecular weight excluding hydrogens is 629 g/mol. The lowest BCUT2D eigenvalue weighted by Gasteiger charge is -2.27. The molecule has 0 saturated heterocycles. The van der Waals surface area contributed by atoms with E-state index in [-0.39, 0.29) is 0 Å². The zero-order valence-corrected chi connectivity index (χ0v) is 30.7. The maximum absolute atomic E-state index is 4.93. The van der Waals surface area contributed by atoms with Crippen LogP contribution in [0.1, 0.15) is 38.9 Å². The van der Waals surface area contributed by atoms with Gasteiger partial charge in [0.1, 0.15) is 5.82 Å². The van der Waals surface area contributed by atoms with E-state index in [4.69, 9.17) is 4.98 Å². The van der Waals surface area contributed by atoms with Crippen LogP contribution >= 0.6 is 11.8 Å². The number of nitrogens with zero attached hydrogens (tertiary/aromatic N) is 4. The number of para-hydroxylation sites is 1. The minimum atomic E-state index is 0.790. The Morgan fingerprint density at radius 2 is 1.22 bits per heavy atom. The Morgan fingerprint density at radius 1 is 0.560 bits per heavy atom. The number of hydrogen-bond acceptors (Lipinski definition) is 4. The van der Waals surface area contributed by atoms with Crippen LogP contribution in [-0.2, 0) is 0 Å². The van der Waals surface area contributed by atoms with Crippen LogP contribution in [-0.4, -0.2) is 16.2 Å². The van der Waals surface area contributed by atoms with Gasteiger partial charge in [-0.1, -0.05) is 60.3 Å². The second-order valence-electron chi connectivity index (χ2n) is 13.7. The average molecular weight is 671 g/mol. The minimum Gasteiger partial charge on any atom is -0.328 e. The van der Waals surface area contributed by atoms with Crippen molar-refractivity contribution in [1.29, 1.82) is 0 Å². The third-order valence-electron chi connectivity index (χ3n) is 10.8. The van der Waals surface area contributed by atoms with Crippen molar-refractivity contribution >= 4 is 44.9 Å². The molecule has 1 aliphatic rings. The second-order valence-corrected chi connectivity index (χ2v) is 14.8. The second kappa shape index (κ2) is 12.6. The normalized spacial score (nSPS) is 12.9. The molecular formula is C45H42N4S. The lowest BCUT2D eigenvalue weighted by Crippen LogP contribution is -2.26. The molecule has 50 heavy (non-hydrogen) atoms. The van der Waals surface area contributed by atoms with Crippen molar-refractivity contribution in [3.63, 3.8) is 0 Å². The fourth-order valence-electron chi connectivity index (χ4n) is 7.73. The molecule has 4 nitrogen and oxygen atoms in total. The summed E-state index contributed by atoms with van der Waals surface area (Å²) in [5.74, 6) is 0.926. The Kier molecular flexibility index (Phi) is 8.04. The lowest BCUT2D eigenvalue weighted by molar-refractivity contribution is 0.956. The quantitative estimate of drug-likeness (QED) is 0.176. The smallest absolute Gasteiger partial charge is 0.138 e. The summed E-state index contributed by atoms with van der Waals surface area (Å²) in [6, 6.07) is 35.3. The Balaban J connectivity index is 1.12. The van der Waals surface area contributed by atoms with E-state index >= 15 is 0 Å². The number of anilines is 2. The number of rotatable bonds is 6. The molecule has 0 radical (unpaired) electrons. The molecule has 0 bridgehead atoms. The summed E-state index contributed by atoms with van der Waals surface area (Å²) in [6.45, 7) is 16.4. The number of aromatic nitrogens is 2. The fourth-order valence-corrected chi connectivity index (χ4v) is 8.64. The first-order valence-corrected chi connectivity index (χ1v) is 18.1. The van der Waals surface area contributed by atoms with E-state index in [1.54, 1.807) is 11.8 Å². The van der Waals surface area contributed by atoms with E-state index < -0.39 is 0 Å². The molecule has 0 atom stereocenters. The van der Waals surface area contributed by atoms with Gasteiger partial charge in [0.2, 0.25) is 0 Å². The SMILES string of the molecule is Cc1cccc(C)c1-c1ccnc(-n2c3ccccc3c3ccc(Sc4cccc(N5C=CN(c6c(C)c(C)c(C)c(C)c6C)C5)c4)cc32)c1. The molecule has 0 saturated carbocycles. The van der Waals surface area contributed by atoms with Crippen LogP contribution in [0.15, 0.2) is 125 Å². The van der Waals surface area contributed by atoms with E-state index in [0.717, 1.165) is 23.5 Å². The predicted octanol–water partition coefficient (Wildman–Crippen LogP) is 11.9. The van der Waals surface area contributed by atoms with Crippen LogP contribution in [0.5, 0.6) is 0 Å². The van der Waals surface area contributed by atoms with Crippen LogP contribution in [0.3, 0.4) is 0 Å². The fraction of sp³-hybridized carbons (Fsp3) is 0.178. The molecule has 5 aromatic carbocycles. The van der Waals surface area contributed by atoms with E-state index in [9.17, 15) is 0 Å². The van der Waals surface area contributed by atoms with Crippen LogP contribution < -0.4 is 9.80 Å². The number of hydrogen-bond donors (Lipinski definition) is 0. The molecule has 1 aliphatic heterocycles. The topological polar surface area (TPSA) is 24.3 Å². The molecule has 0 N–H and O–H groups in total. The summed E-state index contributed by atoms with van der Waals surface area (Å²) < 4.78 is 2.32. The van der Waals surface area contributed by atoms with Gasteiger partial charge in [-0.05, 0) is 147 Å². The molecule has 248 valence electrons. The Labute approximate surface area is 299 Å². The summed E-state index contributed by atoms with van der Waals surface area (Å²) in [5, 5.41) is 2.46. The van der Waals surface area contributed by atoms with Crippen LogP contribution in [0, 0.1) is 48.5 Å². The minimum absolute atomic E-state index is 0.790. The predicted molar refractivity (Wildman–Crippen MR) is 213 cm³/mol. The highest BCUT2D eigenvalue weighted by molar-refractivity contribution is 7.99. The molecule has 2 aromatic heterocycles. The third kappa shape index (κ3) is 5.37. The number of aryl methyl sites for hydroxylation is 2. The Bertz CT molecular complexity index is 2440. The summed E-state index contributed by atoms with van der Waals surface area (Å²) in [7, 11) is 0. The Hall–Kier alpha value is -5.26. The van der Waals surface area contributed by atoms with Crippen molar-refractivity contribution in [1.82, 2.24) is 9.55 Å². The first kappa shape index (κ1) is 32.0. The number of pyridine rings is 1. The van der Waals surface area contributed by atoms with Gasteiger partial charge in [0.15, 0.2) is 0 Å². The maximum Gasteiger partial charge on any atom is 0.138 e. The van der Waals surface area contributed by atoms with E-state index in [1.807, 2.05) is 6.20 Å². The van der Waals surface area contributed by atoms with Crippen molar-refractivity contribution in [3.8, 4) is 16.9 Å². The van der Waals surface area contributed by atoms with Crippen molar-refractivity contribution in [2.24, 2.45) is 0 Å². The first-order valence-electron chi connectivity index (χ1n) is 17.3. The molecule has 0 fully saturated rings. The zero-order chi connectivity index (χ0) is 34.7. The van der Waals surface area contributed by atoms with Crippen molar-refractivity contribution in [2.45, 2.75) is 58.3 Å². The molecule has 0 unspecified atom stereocenters. The summed E-state index contributed by atoms with van der Waals surface area (Å²) >= 11 is 1.80. The number of fused-ring (bicyclic) bond motifs is 3. The van der Waals surface area contributed by atoms with Gasteiger partial charge >= 0.3 is 0 Å². The molecule has 3 heterocycles. The Morgan fingerprint density at radius 3 is 2.00 bits per heavy atom. The first-order chi connectivity index (χ1) is 24.2. The summed E-state index contributed by atoms with van der Waals surface area (Å²) in [4.78, 5) is 12.1. The molecule has 5 heteroatoms. The van der Waals surface area contributed by atoms with Crippen LogP contribution in [0.25, 0.3) is 38.8 Å². The maximum atomic E-state index is 4.93. The summed E-state index contributed by atoms with van der Waals surface area (Å²) in [5.41, 5.74) is 16.7. The van der Waals surface area contributed by atoms with Gasteiger partial charge in [-0.25, -0.2) is 4.98 Å². The molecule has 8 rings (SSSR count). The van der Waals surface area contributed by atoms with Gasteiger partial charge in [0.05, 0.1) is 17.7 Å². The third-order valence-corrected chi connectivity index (χ3v) is 11.7.